The molecule has 0 aromatic rings. The fraction of sp³-hybridized carbons (Fsp3) is 0.692. The highest BCUT2D eigenvalue weighted by Gasteiger charge is 2.14. The fourth-order valence-corrected chi connectivity index (χ4v) is 3.37. The van der Waals surface area contributed by atoms with Gasteiger partial charge in [-0.1, -0.05) is 11.8 Å². The number of allylic oxidation sites excluding steroid dienone is 1. The zero-order chi connectivity index (χ0) is 14.4. The normalized spacial score (nSPS) is 10.8. The maximum absolute atomic E-state index is 5.40. The smallest absolute Gasteiger partial charge is 0.325 e. The van der Waals surface area contributed by atoms with E-state index in [0.29, 0.717) is 0 Å². The maximum atomic E-state index is 5.40. The van der Waals surface area contributed by atoms with E-state index in [1.807, 2.05) is 32.5 Å². The minimum Gasteiger partial charge on any atom is -0.414 e. The molecule has 0 atom stereocenters. The zero-order valence-corrected chi connectivity index (χ0v) is 14.9. The molecule has 108 valence electrons. The summed E-state index contributed by atoms with van der Waals surface area (Å²) < 4.78 is 16.1. The molecule has 0 aromatic heterocycles. The van der Waals surface area contributed by atoms with Crippen molar-refractivity contribution in [1.82, 2.24) is 0 Å². The molecule has 0 saturated heterocycles. The molecule has 0 radical (unpaired) electrons. The van der Waals surface area contributed by atoms with Gasteiger partial charge < -0.3 is 13.3 Å². The Morgan fingerprint density at radius 3 is 1.72 bits per heavy atom. The van der Waals surface area contributed by atoms with Gasteiger partial charge in [-0.3, -0.25) is 0 Å². The predicted octanol–water partition coefficient (Wildman–Crippen LogP) is 3.42. The summed E-state index contributed by atoms with van der Waals surface area (Å²) in [6.45, 7) is 19.9. The molecule has 0 saturated carbocycles. The van der Waals surface area contributed by atoms with E-state index in [4.69, 9.17) is 13.3 Å². The van der Waals surface area contributed by atoms with Crippen LogP contribution in [0.25, 0.3) is 0 Å². The van der Waals surface area contributed by atoms with Crippen LogP contribution in [0, 0.1) is 0 Å². The van der Waals surface area contributed by atoms with Crippen LogP contribution in [0.5, 0.6) is 0 Å². The van der Waals surface area contributed by atoms with Gasteiger partial charge in [0.1, 0.15) is 0 Å². The largest absolute Gasteiger partial charge is 0.414 e. The molecule has 0 aliphatic heterocycles. The van der Waals surface area contributed by atoms with Crippen LogP contribution in [0.3, 0.4) is 0 Å². The van der Waals surface area contributed by atoms with Crippen LogP contribution in [0.15, 0.2) is 24.9 Å². The summed E-state index contributed by atoms with van der Waals surface area (Å²) in [5, 5.41) is 0. The van der Waals surface area contributed by atoms with Gasteiger partial charge in [-0.15, -0.1) is 13.2 Å². The second kappa shape index (κ2) is 13.2. The summed E-state index contributed by atoms with van der Waals surface area (Å²) in [6.07, 6.45) is 1.86. The van der Waals surface area contributed by atoms with E-state index in [1.165, 1.54) is 0 Å². The van der Waals surface area contributed by atoms with Crippen LogP contribution in [-0.4, -0.2) is 37.4 Å². The van der Waals surface area contributed by atoms with Gasteiger partial charge in [0.25, 0.3) is 0 Å². The van der Waals surface area contributed by atoms with Crippen molar-refractivity contribution in [2.45, 2.75) is 39.9 Å². The third-order valence-electron chi connectivity index (χ3n) is 2.07. The van der Waals surface area contributed by atoms with Crippen LogP contribution < -0.4 is 0 Å². The lowest BCUT2D eigenvalue weighted by Gasteiger charge is -2.15. The van der Waals surface area contributed by atoms with Crippen LogP contribution in [0.4, 0.5) is 0 Å². The Kier molecular flexibility index (Phi) is 14.8. The maximum Gasteiger partial charge on any atom is 0.325 e. The Balaban J connectivity index is 0. The second-order valence-electron chi connectivity index (χ2n) is 4.11. The van der Waals surface area contributed by atoms with Gasteiger partial charge in [0.2, 0.25) is 8.32 Å². The summed E-state index contributed by atoms with van der Waals surface area (Å²) >= 11 is 0. The van der Waals surface area contributed by atoms with Gasteiger partial charge in [0.05, 0.1) is 0 Å². The van der Waals surface area contributed by atoms with Crippen LogP contribution in [-0.2, 0) is 13.3 Å². The molecule has 18 heavy (non-hydrogen) atoms. The minimum absolute atomic E-state index is 0.755. The molecule has 0 heterocycles. The van der Waals surface area contributed by atoms with Crippen molar-refractivity contribution in [1.29, 1.82) is 0 Å². The molecule has 3 nitrogen and oxygen atoms in total. The van der Waals surface area contributed by atoms with Crippen molar-refractivity contribution < 1.29 is 13.3 Å². The van der Waals surface area contributed by atoms with Crippen molar-refractivity contribution in [3.63, 3.8) is 0 Å². The van der Waals surface area contributed by atoms with E-state index in [0.717, 1.165) is 25.9 Å². The van der Waals surface area contributed by atoms with Crippen LogP contribution in [0.1, 0.15) is 20.8 Å². The highest BCUT2D eigenvalue weighted by Crippen LogP contribution is 2.02. The van der Waals surface area contributed by atoms with Crippen molar-refractivity contribution in [2.75, 3.05) is 19.8 Å². The molecule has 0 bridgehead atoms. The van der Waals surface area contributed by atoms with E-state index < -0.39 is 17.6 Å². The number of hydrogen-bond acceptors (Lipinski definition) is 3. The van der Waals surface area contributed by atoms with Gasteiger partial charge in [-0.05, 0) is 33.9 Å². The summed E-state index contributed by atoms with van der Waals surface area (Å²) in [7, 11) is -2.77. The third kappa shape index (κ3) is 13.9. The van der Waals surface area contributed by atoms with E-state index in [-0.39, 0.29) is 0 Å². The van der Waals surface area contributed by atoms with Gasteiger partial charge in [-0.2, -0.15) is 0 Å². The molecule has 0 aliphatic carbocycles. The highest BCUT2D eigenvalue weighted by atomic mass is 28.4. The lowest BCUT2D eigenvalue weighted by atomic mass is 10.8. The standard InChI is InChI=1S/C7H16O2Si.C6H14OSi/c1-4-7-10(8-5-2)9-6-3;1-5-7-8(3,4)6-2/h4,10H,1,5-7H2,2-3H3;6H,2,5H2,1,3-4H3. The van der Waals surface area contributed by atoms with Gasteiger partial charge in [0.15, 0.2) is 0 Å². The van der Waals surface area contributed by atoms with Gasteiger partial charge >= 0.3 is 9.28 Å². The number of rotatable bonds is 9. The van der Waals surface area contributed by atoms with E-state index in [2.05, 4.69) is 26.3 Å². The third-order valence-corrected chi connectivity index (χ3v) is 6.22. The van der Waals surface area contributed by atoms with Crippen LogP contribution in [0.2, 0.25) is 19.1 Å². The molecule has 0 unspecified atom stereocenters. The SMILES string of the molecule is C=CC[SiH](OCC)OCC.C=C[Si](C)(C)OCC. The zero-order valence-electron chi connectivity index (χ0n) is 12.7. The Labute approximate surface area is 116 Å². The molecule has 0 aliphatic rings. The van der Waals surface area contributed by atoms with Gasteiger partial charge in [-0.25, -0.2) is 0 Å². The first kappa shape index (κ1) is 20.1. The molecule has 0 fully saturated rings. The van der Waals surface area contributed by atoms with E-state index in [1.54, 1.807) is 0 Å². The lowest BCUT2D eigenvalue weighted by molar-refractivity contribution is 0.216. The van der Waals surface area contributed by atoms with Crippen molar-refractivity contribution in [2.24, 2.45) is 0 Å². The molecule has 5 heteroatoms. The molecule has 0 N–H and O–H groups in total. The molecule has 0 amide bonds. The topological polar surface area (TPSA) is 27.7 Å². The Hall–Kier alpha value is -0.206. The van der Waals surface area contributed by atoms with Crippen molar-refractivity contribution >= 4 is 17.6 Å². The summed E-state index contributed by atoms with van der Waals surface area (Å²) in [5.41, 5.74) is 1.94. The van der Waals surface area contributed by atoms with Crippen LogP contribution >= 0.6 is 0 Å². The average molecular weight is 291 g/mol. The minimum atomic E-state index is -1.41. The summed E-state index contributed by atoms with van der Waals surface area (Å²) in [6, 6.07) is 0.904. The first-order chi connectivity index (χ1) is 8.47. The first-order valence-corrected chi connectivity index (χ1v) is 11.3. The number of hydrogen-bond donors (Lipinski definition) is 0. The molecule has 0 rings (SSSR count). The summed E-state index contributed by atoms with van der Waals surface area (Å²) in [5.74, 6) is 0. The fourth-order valence-electron chi connectivity index (χ4n) is 1.12. The Morgan fingerprint density at radius 1 is 1.00 bits per heavy atom. The van der Waals surface area contributed by atoms with E-state index >= 15 is 0 Å². The molecular weight excluding hydrogens is 260 g/mol. The highest BCUT2D eigenvalue weighted by molar-refractivity contribution is 6.76. The molecule has 0 aromatic carbocycles. The van der Waals surface area contributed by atoms with Crippen molar-refractivity contribution in [3.05, 3.63) is 24.9 Å². The van der Waals surface area contributed by atoms with Gasteiger partial charge in [0, 0.05) is 25.9 Å². The first-order valence-electron chi connectivity index (χ1n) is 6.58. The predicted molar refractivity (Wildman–Crippen MR) is 84.7 cm³/mol. The Morgan fingerprint density at radius 2 is 1.50 bits per heavy atom. The van der Waals surface area contributed by atoms with E-state index in [9.17, 15) is 0 Å². The molecular formula is C13H30O3Si2. The molecule has 0 spiro atoms. The quantitative estimate of drug-likeness (QED) is 0.481. The lowest BCUT2D eigenvalue weighted by Crippen LogP contribution is -2.27. The van der Waals surface area contributed by atoms with Crippen molar-refractivity contribution in [3.8, 4) is 0 Å². The monoisotopic (exact) mass is 290 g/mol. The average Bonchev–Trinajstić information content (AvgIpc) is 2.31. The summed E-state index contributed by atoms with van der Waals surface area (Å²) in [4.78, 5) is 0. The second-order valence-corrected chi connectivity index (χ2v) is 10.0. The Bertz CT molecular complexity index is 202.